The van der Waals surface area contributed by atoms with Gasteiger partial charge in [0, 0.05) is 57.4 Å². The normalized spacial score (nSPS) is 19.2. The van der Waals surface area contributed by atoms with E-state index in [9.17, 15) is 4.79 Å². The highest BCUT2D eigenvalue weighted by Crippen LogP contribution is 2.38. The van der Waals surface area contributed by atoms with E-state index in [1.54, 1.807) is 0 Å². The summed E-state index contributed by atoms with van der Waals surface area (Å²) in [6.45, 7) is 6.25. The van der Waals surface area contributed by atoms with E-state index in [0.717, 1.165) is 51.5 Å². The summed E-state index contributed by atoms with van der Waals surface area (Å²) in [6.07, 6.45) is 6.62. The van der Waals surface area contributed by atoms with Gasteiger partial charge in [-0.2, -0.15) is 5.10 Å². The number of nitrogens with one attached hydrogen (secondary N) is 1. The second kappa shape index (κ2) is 8.68. The van der Waals surface area contributed by atoms with Crippen molar-refractivity contribution in [2.45, 2.75) is 38.6 Å². The Labute approximate surface area is 172 Å². The minimum atomic E-state index is 0.305. The van der Waals surface area contributed by atoms with Gasteiger partial charge in [-0.1, -0.05) is 18.2 Å². The number of hydrogen-bond acceptors (Lipinski definition) is 3. The lowest BCUT2D eigenvalue weighted by molar-refractivity contribution is -0.127. The summed E-state index contributed by atoms with van der Waals surface area (Å²) in [5.41, 5.74) is 3.74. The Balaban J connectivity index is 1.40. The number of likely N-dealkylation sites (tertiary alicyclic amines) is 1. The summed E-state index contributed by atoms with van der Waals surface area (Å²) in [6, 6.07) is 8.57. The Hall–Kier alpha value is -2.83. The average molecular weight is 395 g/mol. The van der Waals surface area contributed by atoms with Crippen LogP contribution in [-0.4, -0.2) is 59.8 Å². The smallest absolute Gasteiger partial charge is 0.222 e. The van der Waals surface area contributed by atoms with Crippen molar-refractivity contribution in [1.82, 2.24) is 20.0 Å². The fourth-order valence-corrected chi connectivity index (χ4v) is 4.36. The van der Waals surface area contributed by atoms with Gasteiger partial charge in [-0.15, -0.1) is 0 Å². The van der Waals surface area contributed by atoms with Crippen molar-refractivity contribution in [2.75, 3.05) is 38.1 Å². The molecule has 7 heteroatoms. The topological polar surface area (TPSA) is 65.8 Å². The highest BCUT2D eigenvalue weighted by Gasteiger charge is 2.32. The van der Waals surface area contributed by atoms with Crippen LogP contribution in [0.1, 0.15) is 36.3 Å². The minimum Gasteiger partial charge on any atom is -0.354 e. The number of benzene rings is 1. The van der Waals surface area contributed by atoms with E-state index in [2.05, 4.69) is 44.6 Å². The second-order valence-electron chi connectivity index (χ2n) is 7.89. The number of guanidine groups is 1. The summed E-state index contributed by atoms with van der Waals surface area (Å²) in [4.78, 5) is 20.8. The molecule has 1 N–H and O–H groups in total. The molecule has 1 aromatic heterocycles. The molecule has 0 saturated carbocycles. The lowest BCUT2D eigenvalue weighted by atomic mass is 9.98. The number of aromatic nitrogens is 2. The Morgan fingerprint density at radius 3 is 2.90 bits per heavy atom. The molecule has 0 spiro atoms. The van der Waals surface area contributed by atoms with Crippen LogP contribution in [0.15, 0.2) is 41.7 Å². The Kier molecular flexibility index (Phi) is 5.83. The molecule has 7 nitrogen and oxygen atoms in total. The van der Waals surface area contributed by atoms with Crippen molar-refractivity contribution in [3.05, 3.63) is 47.8 Å². The molecule has 1 unspecified atom stereocenters. The van der Waals surface area contributed by atoms with Crippen LogP contribution in [0.3, 0.4) is 0 Å². The third-order valence-corrected chi connectivity index (χ3v) is 5.84. The molecule has 154 valence electrons. The van der Waals surface area contributed by atoms with Gasteiger partial charge in [-0.25, -0.2) is 0 Å². The van der Waals surface area contributed by atoms with Gasteiger partial charge in [0.05, 0.1) is 12.7 Å². The molecular formula is C22H30N6O. The lowest BCUT2D eigenvalue weighted by Crippen LogP contribution is -2.42. The van der Waals surface area contributed by atoms with Crippen molar-refractivity contribution in [1.29, 1.82) is 0 Å². The Morgan fingerprint density at radius 2 is 2.17 bits per heavy atom. The number of nitrogens with zero attached hydrogens (tertiary/aromatic N) is 5. The first-order valence-electron chi connectivity index (χ1n) is 10.5. The standard InChI is InChI=1S/C22H30N6O/c1-17-14-25-27(15-17)13-10-24-22(23-2)28-16-18(19-6-3-4-7-20(19)28)9-12-26-11-5-8-21(26)29/h3-4,6-7,14-15,18H,5,8-13,16H2,1-2H3,(H,23,24). The predicted molar refractivity (Wildman–Crippen MR) is 115 cm³/mol. The van der Waals surface area contributed by atoms with Crippen LogP contribution in [-0.2, 0) is 11.3 Å². The largest absolute Gasteiger partial charge is 0.354 e. The van der Waals surface area contributed by atoms with Crippen LogP contribution >= 0.6 is 0 Å². The molecule has 29 heavy (non-hydrogen) atoms. The molecule has 1 amide bonds. The number of fused-ring (bicyclic) bond motifs is 1. The monoisotopic (exact) mass is 394 g/mol. The summed E-state index contributed by atoms with van der Waals surface area (Å²) in [5.74, 6) is 1.60. The van der Waals surface area contributed by atoms with Gasteiger partial charge in [0.2, 0.25) is 5.91 Å². The second-order valence-corrected chi connectivity index (χ2v) is 7.89. The molecule has 0 aliphatic carbocycles. The number of rotatable bonds is 6. The molecule has 2 aliphatic rings. The Bertz CT molecular complexity index is 889. The molecular weight excluding hydrogens is 364 g/mol. The zero-order valence-corrected chi connectivity index (χ0v) is 17.3. The molecule has 4 rings (SSSR count). The first kappa shape index (κ1) is 19.5. The van der Waals surface area contributed by atoms with E-state index < -0.39 is 0 Å². The van der Waals surface area contributed by atoms with Crippen molar-refractivity contribution in [3.63, 3.8) is 0 Å². The van der Waals surface area contributed by atoms with Gasteiger partial charge in [-0.3, -0.25) is 14.5 Å². The van der Waals surface area contributed by atoms with Crippen molar-refractivity contribution in [2.24, 2.45) is 4.99 Å². The van der Waals surface area contributed by atoms with E-state index in [0.29, 0.717) is 18.2 Å². The van der Waals surface area contributed by atoms with E-state index >= 15 is 0 Å². The predicted octanol–water partition coefficient (Wildman–Crippen LogP) is 2.38. The highest BCUT2D eigenvalue weighted by molar-refractivity contribution is 5.98. The SMILES string of the molecule is CN=C(NCCn1cc(C)cn1)N1CC(CCN2CCCC2=O)c2ccccc21. The molecule has 3 heterocycles. The van der Waals surface area contributed by atoms with Crippen molar-refractivity contribution in [3.8, 4) is 0 Å². The maximum Gasteiger partial charge on any atom is 0.222 e. The zero-order valence-electron chi connectivity index (χ0n) is 17.3. The summed E-state index contributed by atoms with van der Waals surface area (Å²) in [7, 11) is 1.83. The van der Waals surface area contributed by atoms with Gasteiger partial charge in [0.1, 0.15) is 0 Å². The van der Waals surface area contributed by atoms with Crippen LogP contribution in [0.5, 0.6) is 0 Å². The van der Waals surface area contributed by atoms with Crippen LogP contribution in [0, 0.1) is 6.92 Å². The Morgan fingerprint density at radius 1 is 1.31 bits per heavy atom. The summed E-state index contributed by atoms with van der Waals surface area (Å²) < 4.78 is 1.95. The number of hydrogen-bond donors (Lipinski definition) is 1. The van der Waals surface area contributed by atoms with Crippen molar-refractivity contribution < 1.29 is 4.79 Å². The fraction of sp³-hybridized carbons (Fsp3) is 0.500. The van der Waals surface area contributed by atoms with Crippen molar-refractivity contribution >= 4 is 17.6 Å². The van der Waals surface area contributed by atoms with E-state index in [-0.39, 0.29) is 0 Å². The quantitative estimate of drug-likeness (QED) is 0.604. The minimum absolute atomic E-state index is 0.305. The number of amides is 1. The molecule has 0 radical (unpaired) electrons. The molecule has 2 aromatic rings. The fourth-order valence-electron chi connectivity index (χ4n) is 4.36. The summed E-state index contributed by atoms with van der Waals surface area (Å²) in [5, 5.41) is 7.83. The first-order chi connectivity index (χ1) is 14.2. The van der Waals surface area contributed by atoms with E-state index in [4.69, 9.17) is 0 Å². The zero-order chi connectivity index (χ0) is 20.2. The molecule has 1 saturated heterocycles. The lowest BCUT2D eigenvalue weighted by Gasteiger charge is -2.23. The first-order valence-corrected chi connectivity index (χ1v) is 10.5. The van der Waals surface area contributed by atoms with Gasteiger partial charge >= 0.3 is 0 Å². The number of aryl methyl sites for hydroxylation is 1. The maximum atomic E-state index is 12.0. The van der Waals surface area contributed by atoms with Gasteiger partial charge < -0.3 is 15.1 Å². The summed E-state index contributed by atoms with van der Waals surface area (Å²) >= 11 is 0. The van der Waals surface area contributed by atoms with Crippen LogP contribution < -0.4 is 10.2 Å². The molecule has 1 atom stereocenters. The van der Waals surface area contributed by atoms with Gasteiger partial charge in [0.15, 0.2) is 5.96 Å². The molecule has 2 aliphatic heterocycles. The van der Waals surface area contributed by atoms with Gasteiger partial charge in [-0.05, 0) is 37.0 Å². The number of carbonyl (C=O) groups excluding carboxylic acids is 1. The van der Waals surface area contributed by atoms with E-state index in [1.165, 1.54) is 16.8 Å². The maximum absolute atomic E-state index is 12.0. The number of aliphatic imine (C=N–C) groups is 1. The van der Waals surface area contributed by atoms with Gasteiger partial charge in [0.25, 0.3) is 0 Å². The van der Waals surface area contributed by atoms with Crippen LogP contribution in [0.2, 0.25) is 0 Å². The number of para-hydroxylation sites is 1. The number of anilines is 1. The van der Waals surface area contributed by atoms with E-state index in [1.807, 2.05) is 35.9 Å². The average Bonchev–Trinajstić information content (AvgIpc) is 3.43. The van der Waals surface area contributed by atoms with Crippen LogP contribution in [0.25, 0.3) is 0 Å². The molecule has 1 fully saturated rings. The third-order valence-electron chi connectivity index (χ3n) is 5.84. The number of carbonyl (C=O) groups is 1. The highest BCUT2D eigenvalue weighted by atomic mass is 16.2. The third kappa shape index (κ3) is 4.28. The molecule has 0 bridgehead atoms. The molecule has 1 aromatic carbocycles. The van der Waals surface area contributed by atoms with Crippen LogP contribution in [0.4, 0.5) is 5.69 Å².